The van der Waals surface area contributed by atoms with E-state index in [0.717, 1.165) is 12.8 Å². The Morgan fingerprint density at radius 1 is 1.17 bits per heavy atom. The first kappa shape index (κ1) is 14.6. The number of unbranched alkanes of at least 4 members (excludes halogenated alkanes) is 6. The van der Waals surface area contributed by atoms with E-state index in [1.165, 1.54) is 32.1 Å². The predicted molar refractivity (Wildman–Crippen MR) is 68.6 cm³/mol. The molecule has 0 aromatic carbocycles. The van der Waals surface area contributed by atoms with Crippen LogP contribution >= 0.6 is 0 Å². The van der Waals surface area contributed by atoms with Gasteiger partial charge in [0.25, 0.3) is 0 Å². The number of amides is 1. The van der Waals surface area contributed by atoms with Crippen molar-refractivity contribution in [2.45, 2.75) is 64.8 Å². The van der Waals surface area contributed by atoms with Gasteiger partial charge in [0.15, 0.2) is 5.82 Å². The molecule has 0 aliphatic heterocycles. The summed E-state index contributed by atoms with van der Waals surface area (Å²) in [5.74, 6) is 0.580. The molecule has 0 fully saturated rings. The number of tetrazole rings is 1. The fraction of sp³-hybridized carbons (Fsp3) is 0.833. The largest absolute Gasteiger partial charge is 0.349 e. The van der Waals surface area contributed by atoms with Gasteiger partial charge in [0.05, 0.1) is 6.54 Å². The maximum absolute atomic E-state index is 11.5. The summed E-state index contributed by atoms with van der Waals surface area (Å²) in [7, 11) is 0. The molecular formula is C12H23N5O. The number of H-pyrrole nitrogens is 1. The molecule has 0 aliphatic carbocycles. The number of carbonyl (C=O) groups is 1. The van der Waals surface area contributed by atoms with Gasteiger partial charge in [-0.05, 0) is 6.42 Å². The van der Waals surface area contributed by atoms with Crippen molar-refractivity contribution in [3.63, 3.8) is 0 Å². The predicted octanol–water partition coefficient (Wildman–Crippen LogP) is 1.96. The van der Waals surface area contributed by atoms with Crippen LogP contribution in [0, 0.1) is 0 Å². The Hall–Kier alpha value is -1.46. The van der Waals surface area contributed by atoms with E-state index in [1.807, 2.05) is 0 Å². The summed E-state index contributed by atoms with van der Waals surface area (Å²) in [4.78, 5) is 11.5. The van der Waals surface area contributed by atoms with Gasteiger partial charge in [0, 0.05) is 6.42 Å². The van der Waals surface area contributed by atoms with Crippen molar-refractivity contribution >= 4 is 5.91 Å². The third-order valence-corrected chi connectivity index (χ3v) is 2.84. The second kappa shape index (κ2) is 9.56. The standard InChI is InChI=1S/C12H23N5O/c1-2-3-4-5-6-7-8-9-12(18)13-10-11-14-16-17-15-11/h2-10H2,1H3,(H,13,18)(H,14,15,16,17). The lowest BCUT2D eigenvalue weighted by atomic mass is 10.1. The zero-order valence-corrected chi connectivity index (χ0v) is 11.1. The van der Waals surface area contributed by atoms with Crippen molar-refractivity contribution in [2.75, 3.05) is 0 Å². The Morgan fingerprint density at radius 3 is 2.56 bits per heavy atom. The lowest BCUT2D eigenvalue weighted by Crippen LogP contribution is -2.23. The molecule has 102 valence electrons. The van der Waals surface area contributed by atoms with Crippen molar-refractivity contribution in [3.05, 3.63) is 5.82 Å². The molecule has 1 aromatic heterocycles. The van der Waals surface area contributed by atoms with E-state index in [4.69, 9.17) is 0 Å². The number of hydrogen-bond acceptors (Lipinski definition) is 4. The molecule has 6 heteroatoms. The summed E-state index contributed by atoms with van der Waals surface area (Å²) in [6.07, 6.45) is 9.13. The molecule has 0 unspecified atom stereocenters. The zero-order valence-electron chi connectivity index (χ0n) is 11.1. The van der Waals surface area contributed by atoms with E-state index in [2.05, 4.69) is 32.9 Å². The Labute approximate surface area is 108 Å². The molecule has 0 saturated heterocycles. The third kappa shape index (κ3) is 6.98. The van der Waals surface area contributed by atoms with Crippen molar-refractivity contribution < 1.29 is 4.79 Å². The SMILES string of the molecule is CCCCCCCCCC(=O)NCc1nn[nH]n1. The summed E-state index contributed by atoms with van der Waals surface area (Å²) < 4.78 is 0. The number of hydrogen-bond donors (Lipinski definition) is 2. The van der Waals surface area contributed by atoms with Gasteiger partial charge in [0.1, 0.15) is 0 Å². The van der Waals surface area contributed by atoms with Crippen LogP contribution in [0.3, 0.4) is 0 Å². The van der Waals surface area contributed by atoms with Crippen molar-refractivity contribution in [3.8, 4) is 0 Å². The average Bonchev–Trinajstić information content (AvgIpc) is 2.88. The quantitative estimate of drug-likeness (QED) is 0.624. The zero-order chi connectivity index (χ0) is 13.1. The number of nitrogens with zero attached hydrogens (tertiary/aromatic N) is 3. The highest BCUT2D eigenvalue weighted by Gasteiger charge is 2.03. The number of nitrogens with one attached hydrogen (secondary N) is 2. The molecule has 18 heavy (non-hydrogen) atoms. The van der Waals surface area contributed by atoms with Gasteiger partial charge >= 0.3 is 0 Å². The van der Waals surface area contributed by atoms with Crippen LogP contribution in [0.25, 0.3) is 0 Å². The maximum Gasteiger partial charge on any atom is 0.220 e. The fourth-order valence-corrected chi connectivity index (χ4v) is 1.77. The molecule has 0 bridgehead atoms. The van der Waals surface area contributed by atoms with Gasteiger partial charge in [-0.1, -0.05) is 50.7 Å². The molecule has 1 aromatic rings. The summed E-state index contributed by atoms with van der Waals surface area (Å²) >= 11 is 0. The lowest BCUT2D eigenvalue weighted by molar-refractivity contribution is -0.121. The normalized spacial score (nSPS) is 10.5. The minimum atomic E-state index is 0.0633. The smallest absolute Gasteiger partial charge is 0.220 e. The highest BCUT2D eigenvalue weighted by Crippen LogP contribution is 2.08. The van der Waals surface area contributed by atoms with Crippen molar-refractivity contribution in [1.82, 2.24) is 25.9 Å². The Morgan fingerprint density at radius 2 is 1.89 bits per heavy atom. The molecule has 1 heterocycles. The molecule has 6 nitrogen and oxygen atoms in total. The van der Waals surface area contributed by atoms with E-state index < -0.39 is 0 Å². The van der Waals surface area contributed by atoms with Crippen LogP contribution in [0.4, 0.5) is 0 Å². The highest BCUT2D eigenvalue weighted by molar-refractivity contribution is 5.75. The molecule has 0 spiro atoms. The van der Waals surface area contributed by atoms with Gasteiger partial charge in [0.2, 0.25) is 5.91 Å². The molecule has 0 atom stereocenters. The highest BCUT2D eigenvalue weighted by atomic mass is 16.1. The minimum absolute atomic E-state index is 0.0633. The van der Waals surface area contributed by atoms with Crippen LogP contribution in [-0.4, -0.2) is 26.5 Å². The van der Waals surface area contributed by atoms with Crippen LogP contribution in [0.5, 0.6) is 0 Å². The van der Waals surface area contributed by atoms with Crippen molar-refractivity contribution in [1.29, 1.82) is 0 Å². The van der Waals surface area contributed by atoms with Crippen LogP contribution in [0.15, 0.2) is 0 Å². The summed E-state index contributed by atoms with van der Waals surface area (Å²) in [6.45, 7) is 2.57. The maximum atomic E-state index is 11.5. The molecule has 0 aliphatic rings. The number of aromatic amines is 1. The molecule has 1 amide bonds. The van der Waals surface area contributed by atoms with Crippen LogP contribution < -0.4 is 5.32 Å². The van der Waals surface area contributed by atoms with E-state index in [-0.39, 0.29) is 5.91 Å². The third-order valence-electron chi connectivity index (χ3n) is 2.84. The average molecular weight is 253 g/mol. The first-order chi connectivity index (χ1) is 8.83. The minimum Gasteiger partial charge on any atom is -0.349 e. The first-order valence-corrected chi connectivity index (χ1v) is 6.82. The second-order valence-electron chi connectivity index (χ2n) is 4.48. The number of aromatic nitrogens is 4. The summed E-state index contributed by atoms with van der Waals surface area (Å²) in [5, 5.41) is 16.1. The Bertz CT molecular complexity index is 312. The van der Waals surface area contributed by atoms with Gasteiger partial charge in [-0.15, -0.1) is 10.2 Å². The lowest BCUT2D eigenvalue weighted by Gasteiger charge is -2.02. The van der Waals surface area contributed by atoms with Crippen LogP contribution in [0.2, 0.25) is 0 Å². The van der Waals surface area contributed by atoms with E-state index in [1.54, 1.807) is 0 Å². The van der Waals surface area contributed by atoms with Gasteiger partial charge in [-0.3, -0.25) is 4.79 Å². The summed E-state index contributed by atoms with van der Waals surface area (Å²) in [6, 6.07) is 0. The monoisotopic (exact) mass is 253 g/mol. The molecule has 0 saturated carbocycles. The number of carbonyl (C=O) groups excluding carboxylic acids is 1. The topological polar surface area (TPSA) is 83.6 Å². The first-order valence-electron chi connectivity index (χ1n) is 6.82. The van der Waals surface area contributed by atoms with Gasteiger partial charge in [-0.25, -0.2) is 0 Å². The van der Waals surface area contributed by atoms with Crippen molar-refractivity contribution in [2.24, 2.45) is 0 Å². The molecule has 2 N–H and O–H groups in total. The van der Waals surface area contributed by atoms with E-state index in [0.29, 0.717) is 18.8 Å². The Kier molecular flexibility index (Phi) is 7.75. The van der Waals surface area contributed by atoms with Gasteiger partial charge < -0.3 is 5.32 Å². The fourth-order valence-electron chi connectivity index (χ4n) is 1.77. The Balaban J connectivity index is 1.90. The number of rotatable bonds is 10. The summed E-state index contributed by atoms with van der Waals surface area (Å²) in [5.41, 5.74) is 0. The molecule has 0 radical (unpaired) electrons. The molecular weight excluding hydrogens is 230 g/mol. The van der Waals surface area contributed by atoms with E-state index in [9.17, 15) is 4.79 Å². The van der Waals surface area contributed by atoms with Gasteiger partial charge in [-0.2, -0.15) is 5.21 Å². The van der Waals surface area contributed by atoms with Crippen LogP contribution in [-0.2, 0) is 11.3 Å². The second-order valence-corrected chi connectivity index (χ2v) is 4.48. The van der Waals surface area contributed by atoms with E-state index >= 15 is 0 Å². The molecule has 1 rings (SSSR count). The van der Waals surface area contributed by atoms with Crippen LogP contribution in [0.1, 0.15) is 64.1 Å².